The summed E-state index contributed by atoms with van der Waals surface area (Å²) in [6.07, 6.45) is 6.41. The minimum absolute atomic E-state index is 0.0683. The Hall–Kier alpha value is -2.71. The van der Waals surface area contributed by atoms with Crippen molar-refractivity contribution in [2.45, 2.75) is 37.1 Å². The van der Waals surface area contributed by atoms with Crippen molar-refractivity contribution < 1.29 is 4.79 Å². The summed E-state index contributed by atoms with van der Waals surface area (Å²) in [7, 11) is 0. The number of carbonyl (C=O) groups is 1. The molecular formula is C22H24N4O. The molecule has 0 bridgehead atoms. The number of hydrogen-bond donors (Lipinski definition) is 1. The number of nitrogens with one attached hydrogen (secondary N) is 1. The molecule has 1 aliphatic heterocycles. The van der Waals surface area contributed by atoms with Gasteiger partial charge in [0.1, 0.15) is 0 Å². The first kappa shape index (κ1) is 17.7. The molecule has 4 rings (SSSR count). The largest absolute Gasteiger partial charge is 0.351 e. The van der Waals surface area contributed by atoms with Crippen LogP contribution < -0.4 is 5.32 Å². The lowest BCUT2D eigenvalue weighted by Crippen LogP contribution is -2.42. The van der Waals surface area contributed by atoms with E-state index in [-0.39, 0.29) is 17.2 Å². The maximum Gasteiger partial charge on any atom is 0.227 e. The molecule has 5 heteroatoms. The van der Waals surface area contributed by atoms with Crippen LogP contribution in [0.1, 0.15) is 41.9 Å². The first-order chi connectivity index (χ1) is 13.2. The van der Waals surface area contributed by atoms with Crippen molar-refractivity contribution in [3.8, 4) is 6.07 Å². The van der Waals surface area contributed by atoms with E-state index in [4.69, 9.17) is 5.26 Å². The molecule has 0 unspecified atom stereocenters. The van der Waals surface area contributed by atoms with Crippen LogP contribution in [-0.4, -0.2) is 35.4 Å². The van der Waals surface area contributed by atoms with Gasteiger partial charge < -0.3 is 5.32 Å². The van der Waals surface area contributed by atoms with Crippen LogP contribution in [0.25, 0.3) is 0 Å². The second-order valence-electron chi connectivity index (χ2n) is 7.64. The monoisotopic (exact) mass is 360 g/mol. The van der Waals surface area contributed by atoms with Gasteiger partial charge in [0.05, 0.1) is 18.5 Å². The van der Waals surface area contributed by atoms with Gasteiger partial charge in [-0.25, -0.2) is 0 Å². The van der Waals surface area contributed by atoms with Crippen molar-refractivity contribution in [3.63, 3.8) is 0 Å². The van der Waals surface area contributed by atoms with Gasteiger partial charge in [-0.2, -0.15) is 5.26 Å². The number of likely N-dealkylation sites (tertiary alicyclic amines) is 1. The Bertz CT molecular complexity index is 850. The number of pyridine rings is 1. The number of amides is 1. The summed E-state index contributed by atoms with van der Waals surface area (Å²) in [6.45, 7) is 2.85. The van der Waals surface area contributed by atoms with Crippen molar-refractivity contribution in [1.82, 2.24) is 15.2 Å². The molecule has 138 valence electrons. The molecule has 1 aliphatic carbocycles. The van der Waals surface area contributed by atoms with E-state index in [0.717, 1.165) is 37.9 Å². The van der Waals surface area contributed by atoms with Crippen molar-refractivity contribution in [3.05, 3.63) is 65.5 Å². The number of nitrogens with zero attached hydrogens (tertiary/aromatic N) is 3. The van der Waals surface area contributed by atoms with E-state index in [1.54, 1.807) is 12.4 Å². The van der Waals surface area contributed by atoms with E-state index < -0.39 is 0 Å². The molecule has 1 aromatic carbocycles. The molecule has 1 aromatic heterocycles. The second-order valence-corrected chi connectivity index (χ2v) is 7.64. The van der Waals surface area contributed by atoms with E-state index >= 15 is 0 Å². The normalized spacial score (nSPS) is 20.8. The number of fused-ring (bicyclic) bond motifs is 2. The molecule has 1 atom stereocenters. The maximum atomic E-state index is 13.0. The Balaban J connectivity index is 1.50. The van der Waals surface area contributed by atoms with Gasteiger partial charge in [0, 0.05) is 18.9 Å². The standard InChI is InChI=1S/C22H24N4O/c23-9-13-26-11-7-22(8-12-26)14-19(18-5-1-2-6-20(18)22)21(27)25-16-17-4-3-10-24-15-17/h1-6,10,15,19H,7-8,11-14,16H2,(H,25,27)/t19-/m0/s1. The molecule has 2 aromatic rings. The lowest BCUT2D eigenvalue weighted by Gasteiger charge is -2.39. The fourth-order valence-electron chi connectivity index (χ4n) is 4.66. The molecule has 1 spiro atoms. The van der Waals surface area contributed by atoms with E-state index in [2.05, 4.69) is 39.5 Å². The lowest BCUT2D eigenvalue weighted by atomic mass is 9.73. The molecule has 0 saturated carbocycles. The molecule has 5 nitrogen and oxygen atoms in total. The van der Waals surface area contributed by atoms with Crippen LogP contribution >= 0.6 is 0 Å². The Morgan fingerprint density at radius 1 is 1.26 bits per heavy atom. The number of piperidine rings is 1. The van der Waals surface area contributed by atoms with Crippen LogP contribution in [0.4, 0.5) is 0 Å². The second kappa shape index (κ2) is 7.50. The number of rotatable bonds is 4. The average molecular weight is 360 g/mol. The van der Waals surface area contributed by atoms with Crippen LogP contribution in [0.3, 0.4) is 0 Å². The molecular weight excluding hydrogens is 336 g/mol. The first-order valence-electron chi connectivity index (χ1n) is 9.57. The van der Waals surface area contributed by atoms with Crippen LogP contribution in [0.15, 0.2) is 48.8 Å². The highest BCUT2D eigenvalue weighted by molar-refractivity contribution is 5.85. The molecule has 1 amide bonds. The topological polar surface area (TPSA) is 69.0 Å². The lowest BCUT2D eigenvalue weighted by molar-refractivity contribution is -0.123. The van der Waals surface area contributed by atoms with Crippen LogP contribution in [-0.2, 0) is 16.8 Å². The number of carbonyl (C=O) groups excluding carboxylic acids is 1. The zero-order valence-corrected chi connectivity index (χ0v) is 15.4. The Morgan fingerprint density at radius 3 is 2.81 bits per heavy atom. The van der Waals surface area contributed by atoms with Gasteiger partial charge in [0.2, 0.25) is 5.91 Å². The van der Waals surface area contributed by atoms with Gasteiger partial charge in [-0.15, -0.1) is 0 Å². The number of hydrogen-bond acceptors (Lipinski definition) is 4. The summed E-state index contributed by atoms with van der Waals surface area (Å²) in [5, 5.41) is 12.1. The van der Waals surface area contributed by atoms with Gasteiger partial charge in [0.25, 0.3) is 0 Å². The van der Waals surface area contributed by atoms with E-state index in [1.165, 1.54) is 11.1 Å². The minimum Gasteiger partial charge on any atom is -0.351 e. The van der Waals surface area contributed by atoms with Crippen LogP contribution in [0, 0.1) is 11.3 Å². The van der Waals surface area contributed by atoms with Crippen molar-refractivity contribution in [2.75, 3.05) is 19.6 Å². The summed E-state index contributed by atoms with van der Waals surface area (Å²) < 4.78 is 0. The zero-order chi connectivity index (χ0) is 18.7. The Kier molecular flexibility index (Phi) is 4.91. The number of aromatic nitrogens is 1. The minimum atomic E-state index is -0.0969. The van der Waals surface area contributed by atoms with Gasteiger partial charge in [0.15, 0.2) is 0 Å². The van der Waals surface area contributed by atoms with Crippen molar-refractivity contribution in [1.29, 1.82) is 5.26 Å². The van der Waals surface area contributed by atoms with E-state index in [9.17, 15) is 4.79 Å². The highest BCUT2D eigenvalue weighted by Crippen LogP contribution is 2.51. The average Bonchev–Trinajstić information content (AvgIpc) is 3.04. The fourth-order valence-corrected chi connectivity index (χ4v) is 4.66. The summed E-state index contributed by atoms with van der Waals surface area (Å²) >= 11 is 0. The summed E-state index contributed by atoms with van der Waals surface area (Å²) in [5.41, 5.74) is 3.59. The summed E-state index contributed by atoms with van der Waals surface area (Å²) in [5.74, 6) is 0.00280. The zero-order valence-electron chi connectivity index (χ0n) is 15.4. The van der Waals surface area contributed by atoms with Crippen LogP contribution in [0.5, 0.6) is 0 Å². The molecule has 1 saturated heterocycles. The highest BCUT2D eigenvalue weighted by atomic mass is 16.1. The quantitative estimate of drug-likeness (QED) is 0.851. The van der Waals surface area contributed by atoms with Gasteiger partial charge in [-0.1, -0.05) is 30.3 Å². The third kappa shape index (κ3) is 3.45. The Labute approximate surface area is 160 Å². The van der Waals surface area contributed by atoms with E-state index in [0.29, 0.717) is 13.1 Å². The highest BCUT2D eigenvalue weighted by Gasteiger charge is 2.47. The smallest absolute Gasteiger partial charge is 0.227 e. The van der Waals surface area contributed by atoms with Gasteiger partial charge in [-0.05, 0) is 60.5 Å². The molecule has 0 radical (unpaired) electrons. The van der Waals surface area contributed by atoms with E-state index in [1.807, 2.05) is 18.2 Å². The Morgan fingerprint density at radius 2 is 2.07 bits per heavy atom. The van der Waals surface area contributed by atoms with Crippen LogP contribution in [0.2, 0.25) is 0 Å². The predicted molar refractivity (Wildman–Crippen MR) is 103 cm³/mol. The molecule has 1 fully saturated rings. The molecule has 2 heterocycles. The summed E-state index contributed by atoms with van der Waals surface area (Å²) in [6, 6.07) is 14.5. The van der Waals surface area contributed by atoms with Gasteiger partial charge >= 0.3 is 0 Å². The summed E-state index contributed by atoms with van der Waals surface area (Å²) in [4.78, 5) is 19.3. The molecule has 1 N–H and O–H groups in total. The number of nitriles is 1. The van der Waals surface area contributed by atoms with Crippen molar-refractivity contribution in [2.24, 2.45) is 0 Å². The van der Waals surface area contributed by atoms with Crippen molar-refractivity contribution >= 4 is 5.91 Å². The first-order valence-corrected chi connectivity index (χ1v) is 9.57. The molecule has 2 aliphatic rings. The maximum absolute atomic E-state index is 13.0. The third-order valence-corrected chi connectivity index (χ3v) is 6.12. The van der Waals surface area contributed by atoms with Gasteiger partial charge in [-0.3, -0.25) is 14.7 Å². The SMILES string of the molecule is N#CCN1CCC2(CC1)C[C@H](C(=O)NCc1cccnc1)c1ccccc12. The predicted octanol–water partition coefficient (Wildman–Crippen LogP) is 2.74. The molecule has 27 heavy (non-hydrogen) atoms. The number of benzene rings is 1. The third-order valence-electron chi connectivity index (χ3n) is 6.12. The fraction of sp³-hybridized carbons (Fsp3) is 0.409.